The highest BCUT2D eigenvalue weighted by Gasteiger charge is 2.31. The normalized spacial score (nSPS) is 23.1. The average Bonchev–Trinajstić information content (AvgIpc) is 3.21. The van der Waals surface area contributed by atoms with Gasteiger partial charge < -0.3 is 5.32 Å². The van der Waals surface area contributed by atoms with Gasteiger partial charge in [-0.05, 0) is 44.6 Å². The molecule has 2 aliphatic rings. The summed E-state index contributed by atoms with van der Waals surface area (Å²) in [5, 5.41) is 3.57. The third kappa shape index (κ3) is 4.15. The van der Waals surface area contributed by atoms with E-state index >= 15 is 0 Å². The predicted octanol–water partition coefficient (Wildman–Crippen LogP) is 1.04. The maximum Gasteiger partial charge on any atom is 0.281 e. The zero-order valence-corrected chi connectivity index (χ0v) is 13.0. The van der Waals surface area contributed by atoms with Crippen LogP contribution in [0.1, 0.15) is 39.0 Å². The summed E-state index contributed by atoms with van der Waals surface area (Å²) in [6.45, 7) is 5.02. The van der Waals surface area contributed by atoms with E-state index < -0.39 is 10.2 Å². The van der Waals surface area contributed by atoms with Crippen molar-refractivity contribution in [3.05, 3.63) is 0 Å². The number of piperidine rings is 1. The van der Waals surface area contributed by atoms with E-state index in [1.54, 1.807) is 11.4 Å². The molecule has 0 aromatic carbocycles. The highest BCUT2D eigenvalue weighted by atomic mass is 32.2. The van der Waals surface area contributed by atoms with E-state index in [-0.39, 0.29) is 0 Å². The highest BCUT2D eigenvalue weighted by molar-refractivity contribution is 7.86. The van der Waals surface area contributed by atoms with Crippen LogP contribution in [-0.4, -0.2) is 56.3 Å². The monoisotopic (exact) mass is 289 g/mol. The minimum Gasteiger partial charge on any atom is -0.314 e. The van der Waals surface area contributed by atoms with E-state index in [4.69, 9.17) is 0 Å². The highest BCUT2D eigenvalue weighted by Crippen LogP contribution is 2.28. The number of nitrogens with zero attached hydrogens (tertiary/aromatic N) is 2. The third-order valence-corrected chi connectivity index (χ3v) is 6.09. The molecule has 6 heteroatoms. The molecule has 1 aliphatic heterocycles. The second-order valence-corrected chi connectivity index (χ2v) is 7.89. The largest absolute Gasteiger partial charge is 0.314 e. The molecule has 0 atom stereocenters. The lowest BCUT2D eigenvalue weighted by Gasteiger charge is -2.34. The molecule has 0 amide bonds. The Morgan fingerprint density at radius 1 is 1.21 bits per heavy atom. The summed E-state index contributed by atoms with van der Waals surface area (Å²) in [4.78, 5) is 0. The van der Waals surface area contributed by atoms with Crippen molar-refractivity contribution in [3.63, 3.8) is 0 Å². The molecule has 1 aliphatic carbocycles. The summed E-state index contributed by atoms with van der Waals surface area (Å²) < 4.78 is 27.7. The fourth-order valence-corrected chi connectivity index (χ4v) is 4.05. The summed E-state index contributed by atoms with van der Waals surface area (Å²) in [6.07, 6.45) is 5.46. The van der Waals surface area contributed by atoms with Gasteiger partial charge >= 0.3 is 0 Å². The van der Waals surface area contributed by atoms with Gasteiger partial charge in [-0.1, -0.05) is 6.92 Å². The lowest BCUT2D eigenvalue weighted by Crippen LogP contribution is -2.49. The van der Waals surface area contributed by atoms with E-state index in [1.165, 1.54) is 17.1 Å². The van der Waals surface area contributed by atoms with E-state index in [0.717, 1.165) is 31.7 Å². The van der Waals surface area contributed by atoms with Crippen molar-refractivity contribution in [2.75, 3.05) is 33.2 Å². The fourth-order valence-electron chi connectivity index (χ4n) is 2.57. The van der Waals surface area contributed by atoms with Crippen molar-refractivity contribution >= 4 is 10.2 Å². The van der Waals surface area contributed by atoms with Gasteiger partial charge in [0.05, 0.1) is 0 Å². The summed E-state index contributed by atoms with van der Waals surface area (Å²) in [7, 11) is -1.55. The molecule has 1 saturated heterocycles. The second-order valence-electron chi connectivity index (χ2n) is 5.85. The Hall–Kier alpha value is -0.170. The van der Waals surface area contributed by atoms with Crippen LogP contribution in [0.2, 0.25) is 0 Å². The molecule has 1 N–H and O–H groups in total. The summed E-state index contributed by atoms with van der Waals surface area (Å²) in [5.41, 5.74) is 0. The Morgan fingerprint density at radius 3 is 2.37 bits per heavy atom. The SMILES string of the molecule is CCCN(C)S(=O)(=O)N1CCC(NCC2CC2)CC1. The van der Waals surface area contributed by atoms with Gasteiger partial charge in [-0.15, -0.1) is 0 Å². The van der Waals surface area contributed by atoms with Crippen LogP contribution in [0.5, 0.6) is 0 Å². The second kappa shape index (κ2) is 6.52. The van der Waals surface area contributed by atoms with E-state index in [1.807, 2.05) is 6.92 Å². The van der Waals surface area contributed by atoms with Crippen LogP contribution in [0.25, 0.3) is 0 Å². The lowest BCUT2D eigenvalue weighted by atomic mass is 10.1. The molecule has 0 radical (unpaired) electrons. The van der Waals surface area contributed by atoms with E-state index in [9.17, 15) is 8.42 Å². The van der Waals surface area contributed by atoms with Gasteiger partial charge in [-0.3, -0.25) is 0 Å². The number of nitrogens with one attached hydrogen (secondary N) is 1. The Balaban J connectivity index is 1.77. The number of hydrogen-bond acceptors (Lipinski definition) is 3. The summed E-state index contributed by atoms with van der Waals surface area (Å²) >= 11 is 0. The minimum absolute atomic E-state index is 0.503. The Labute approximate surface area is 117 Å². The lowest BCUT2D eigenvalue weighted by molar-refractivity contribution is 0.271. The molecule has 0 aromatic heterocycles. The van der Waals surface area contributed by atoms with Crippen molar-refractivity contribution in [2.45, 2.75) is 45.1 Å². The zero-order chi connectivity index (χ0) is 13.9. The van der Waals surface area contributed by atoms with Gasteiger partial charge in [0.15, 0.2) is 0 Å². The molecule has 1 saturated carbocycles. The third-order valence-electron chi connectivity index (χ3n) is 4.10. The Kier molecular flexibility index (Phi) is 5.22. The van der Waals surface area contributed by atoms with Gasteiger partial charge in [0.2, 0.25) is 0 Å². The van der Waals surface area contributed by atoms with Crippen molar-refractivity contribution in [3.8, 4) is 0 Å². The van der Waals surface area contributed by atoms with E-state index in [0.29, 0.717) is 25.7 Å². The first-order valence-electron chi connectivity index (χ1n) is 7.48. The zero-order valence-electron chi connectivity index (χ0n) is 12.1. The first kappa shape index (κ1) is 15.2. The molecule has 0 aromatic rings. The van der Waals surface area contributed by atoms with Gasteiger partial charge in [-0.2, -0.15) is 17.0 Å². The molecule has 19 heavy (non-hydrogen) atoms. The van der Waals surface area contributed by atoms with Gasteiger partial charge in [0, 0.05) is 32.7 Å². The molecule has 0 spiro atoms. The molecule has 2 rings (SSSR count). The fraction of sp³-hybridized carbons (Fsp3) is 1.00. The van der Waals surface area contributed by atoms with Crippen molar-refractivity contribution < 1.29 is 8.42 Å². The Bertz CT molecular complexity index is 373. The summed E-state index contributed by atoms with van der Waals surface area (Å²) in [6, 6.07) is 0.503. The molecule has 112 valence electrons. The van der Waals surface area contributed by atoms with Crippen LogP contribution in [0, 0.1) is 5.92 Å². The van der Waals surface area contributed by atoms with Crippen LogP contribution < -0.4 is 5.32 Å². The average molecular weight is 289 g/mol. The van der Waals surface area contributed by atoms with Crippen LogP contribution in [0.4, 0.5) is 0 Å². The van der Waals surface area contributed by atoms with Crippen molar-refractivity contribution in [1.29, 1.82) is 0 Å². The van der Waals surface area contributed by atoms with Crippen LogP contribution >= 0.6 is 0 Å². The minimum atomic E-state index is -3.23. The summed E-state index contributed by atoms with van der Waals surface area (Å²) in [5.74, 6) is 0.887. The molecule has 2 fully saturated rings. The first-order valence-corrected chi connectivity index (χ1v) is 8.88. The van der Waals surface area contributed by atoms with E-state index in [2.05, 4.69) is 5.32 Å². The van der Waals surface area contributed by atoms with Crippen molar-refractivity contribution in [2.24, 2.45) is 5.92 Å². The molecule has 0 unspecified atom stereocenters. The van der Waals surface area contributed by atoms with Crippen LogP contribution in [0.15, 0.2) is 0 Å². The standard InChI is InChI=1S/C13H27N3O2S/c1-3-8-15(2)19(17,18)16-9-6-13(7-10-16)14-11-12-4-5-12/h12-14H,3-11H2,1-2H3. The topological polar surface area (TPSA) is 52.7 Å². The quantitative estimate of drug-likeness (QED) is 0.762. The van der Waals surface area contributed by atoms with Gasteiger partial charge in [0.1, 0.15) is 0 Å². The molecule has 0 bridgehead atoms. The first-order chi connectivity index (χ1) is 9.04. The maximum atomic E-state index is 12.3. The predicted molar refractivity (Wildman–Crippen MR) is 77.2 cm³/mol. The van der Waals surface area contributed by atoms with Crippen LogP contribution in [0.3, 0.4) is 0 Å². The van der Waals surface area contributed by atoms with Crippen molar-refractivity contribution in [1.82, 2.24) is 13.9 Å². The number of rotatable bonds is 7. The van der Waals surface area contributed by atoms with Gasteiger partial charge in [-0.25, -0.2) is 0 Å². The van der Waals surface area contributed by atoms with Crippen LogP contribution in [-0.2, 0) is 10.2 Å². The smallest absolute Gasteiger partial charge is 0.281 e. The Morgan fingerprint density at radius 2 is 1.84 bits per heavy atom. The molecular formula is C13H27N3O2S. The molecule has 1 heterocycles. The molecular weight excluding hydrogens is 262 g/mol. The maximum absolute atomic E-state index is 12.3. The van der Waals surface area contributed by atoms with Gasteiger partial charge in [0.25, 0.3) is 10.2 Å². The molecule has 5 nitrogen and oxygen atoms in total. The number of hydrogen-bond donors (Lipinski definition) is 1.